The second-order valence-corrected chi connectivity index (χ2v) is 7.80. The Balaban J connectivity index is 2.66. The topological polar surface area (TPSA) is 53.2 Å². The van der Waals surface area contributed by atoms with E-state index in [0.29, 0.717) is 0 Å². The van der Waals surface area contributed by atoms with Crippen LogP contribution in [0.4, 0.5) is 5.69 Å². The number of hydrogen-bond acceptors (Lipinski definition) is 2. The predicted octanol–water partition coefficient (Wildman–Crippen LogP) is 3.41. The smallest absolute Gasteiger partial charge is 0.228 e. The standard InChI is InChI=1S/C11H11Cl3IN3OS/c1-6(19)16-9(11(12,13)14)18-10(20)17-8-4-2-7(15)3-5-8/h2-5,9H,1H3,(H,16,19)(H2,17,18,20)/t9-/m0/s1. The highest BCUT2D eigenvalue weighted by Gasteiger charge is 2.33. The zero-order chi connectivity index (χ0) is 15.3. The summed E-state index contributed by atoms with van der Waals surface area (Å²) in [6, 6.07) is 7.56. The van der Waals surface area contributed by atoms with Gasteiger partial charge in [-0.1, -0.05) is 34.8 Å². The van der Waals surface area contributed by atoms with Gasteiger partial charge in [0.1, 0.15) is 6.17 Å². The Labute approximate surface area is 151 Å². The maximum atomic E-state index is 11.1. The Morgan fingerprint density at radius 3 is 2.25 bits per heavy atom. The molecule has 1 amide bonds. The minimum Gasteiger partial charge on any atom is -0.339 e. The van der Waals surface area contributed by atoms with E-state index in [1.54, 1.807) is 0 Å². The first-order chi connectivity index (χ1) is 9.18. The summed E-state index contributed by atoms with van der Waals surface area (Å²) in [5.74, 6) is -0.342. The van der Waals surface area contributed by atoms with E-state index in [1.807, 2.05) is 24.3 Å². The third-order valence-corrected chi connectivity index (χ3v) is 3.65. The lowest BCUT2D eigenvalue weighted by Gasteiger charge is -2.27. The second-order valence-electron chi connectivity index (χ2n) is 3.78. The normalized spacial score (nSPS) is 12.4. The number of carbonyl (C=O) groups is 1. The third kappa shape index (κ3) is 6.62. The Kier molecular flexibility index (Phi) is 7.07. The van der Waals surface area contributed by atoms with Gasteiger partial charge in [0, 0.05) is 16.2 Å². The zero-order valence-electron chi connectivity index (χ0n) is 10.2. The van der Waals surface area contributed by atoms with E-state index in [9.17, 15) is 4.79 Å². The number of thiocarbonyl (C=S) groups is 1. The highest BCUT2D eigenvalue weighted by molar-refractivity contribution is 14.1. The van der Waals surface area contributed by atoms with Crippen molar-refractivity contribution in [1.29, 1.82) is 0 Å². The summed E-state index contributed by atoms with van der Waals surface area (Å²) in [6.45, 7) is 1.32. The number of benzene rings is 1. The molecule has 1 aromatic rings. The first-order valence-electron chi connectivity index (χ1n) is 5.35. The molecule has 0 unspecified atom stereocenters. The number of nitrogens with one attached hydrogen (secondary N) is 3. The molecule has 0 aromatic heterocycles. The van der Waals surface area contributed by atoms with E-state index in [2.05, 4.69) is 38.5 Å². The van der Waals surface area contributed by atoms with E-state index in [4.69, 9.17) is 47.0 Å². The van der Waals surface area contributed by atoms with Crippen molar-refractivity contribution in [2.45, 2.75) is 16.9 Å². The molecule has 0 saturated carbocycles. The molecule has 0 saturated heterocycles. The molecule has 1 atom stereocenters. The molecule has 0 bridgehead atoms. The molecule has 9 heteroatoms. The van der Waals surface area contributed by atoms with Gasteiger partial charge in [-0.05, 0) is 59.1 Å². The molecule has 4 nitrogen and oxygen atoms in total. The quantitative estimate of drug-likeness (QED) is 0.277. The predicted molar refractivity (Wildman–Crippen MR) is 96.4 cm³/mol. The zero-order valence-corrected chi connectivity index (χ0v) is 15.5. The van der Waals surface area contributed by atoms with Gasteiger partial charge in [0.25, 0.3) is 0 Å². The van der Waals surface area contributed by atoms with Crippen molar-refractivity contribution >= 4 is 86.3 Å². The maximum absolute atomic E-state index is 11.1. The fourth-order valence-corrected chi connectivity index (χ4v) is 2.16. The lowest BCUT2D eigenvalue weighted by Crippen LogP contribution is -2.55. The molecule has 1 aromatic carbocycles. The monoisotopic (exact) mass is 465 g/mol. The maximum Gasteiger partial charge on any atom is 0.228 e. The summed E-state index contributed by atoms with van der Waals surface area (Å²) in [5.41, 5.74) is 0.786. The molecular weight excluding hydrogens is 455 g/mol. The van der Waals surface area contributed by atoms with Crippen LogP contribution in [0.3, 0.4) is 0 Å². The molecule has 0 aliphatic heterocycles. The number of hydrogen-bond donors (Lipinski definition) is 3. The molecule has 20 heavy (non-hydrogen) atoms. The SMILES string of the molecule is CC(=O)N[C@@H](NC(=S)Nc1ccc(I)cc1)C(Cl)(Cl)Cl. The first-order valence-corrected chi connectivity index (χ1v) is 7.97. The van der Waals surface area contributed by atoms with Gasteiger partial charge in [0.15, 0.2) is 5.11 Å². The summed E-state index contributed by atoms with van der Waals surface area (Å²) in [4.78, 5) is 11.1. The van der Waals surface area contributed by atoms with Crippen molar-refractivity contribution in [3.63, 3.8) is 0 Å². The van der Waals surface area contributed by atoms with Crippen LogP contribution in [0.25, 0.3) is 0 Å². The number of carbonyl (C=O) groups excluding carboxylic acids is 1. The van der Waals surface area contributed by atoms with E-state index in [1.165, 1.54) is 6.92 Å². The second kappa shape index (κ2) is 7.84. The Morgan fingerprint density at radius 1 is 1.25 bits per heavy atom. The van der Waals surface area contributed by atoms with Crippen LogP contribution in [-0.4, -0.2) is 21.0 Å². The van der Waals surface area contributed by atoms with E-state index in [-0.39, 0.29) is 11.0 Å². The van der Waals surface area contributed by atoms with E-state index in [0.717, 1.165) is 9.26 Å². The van der Waals surface area contributed by atoms with Crippen molar-refractivity contribution in [2.75, 3.05) is 5.32 Å². The van der Waals surface area contributed by atoms with Crippen LogP contribution >= 0.6 is 69.6 Å². The number of amides is 1. The fraction of sp³-hybridized carbons (Fsp3) is 0.273. The molecule has 0 aliphatic carbocycles. The first kappa shape index (κ1) is 18.0. The highest BCUT2D eigenvalue weighted by Crippen LogP contribution is 2.29. The summed E-state index contributed by atoms with van der Waals surface area (Å²) >= 11 is 24.6. The van der Waals surface area contributed by atoms with Crippen LogP contribution in [0.1, 0.15) is 6.92 Å². The van der Waals surface area contributed by atoms with Crippen LogP contribution in [0, 0.1) is 3.57 Å². The van der Waals surface area contributed by atoms with Crippen molar-refractivity contribution in [2.24, 2.45) is 0 Å². The average molecular weight is 467 g/mol. The lowest BCUT2D eigenvalue weighted by atomic mass is 10.3. The Hall–Kier alpha value is -0.0200. The number of rotatable bonds is 3. The van der Waals surface area contributed by atoms with Crippen LogP contribution in [0.5, 0.6) is 0 Å². The molecular formula is C11H11Cl3IN3OS. The van der Waals surface area contributed by atoms with E-state index < -0.39 is 9.96 Å². The van der Waals surface area contributed by atoms with E-state index >= 15 is 0 Å². The molecule has 0 fully saturated rings. The van der Waals surface area contributed by atoms with Gasteiger partial charge in [-0.3, -0.25) is 4.79 Å². The molecule has 3 N–H and O–H groups in total. The number of halogens is 4. The molecule has 0 radical (unpaired) electrons. The molecule has 0 heterocycles. The van der Waals surface area contributed by atoms with Crippen molar-refractivity contribution < 1.29 is 4.79 Å². The van der Waals surface area contributed by atoms with Gasteiger partial charge >= 0.3 is 0 Å². The van der Waals surface area contributed by atoms with Crippen LogP contribution in [0.15, 0.2) is 24.3 Å². The van der Waals surface area contributed by atoms with Crippen LogP contribution in [-0.2, 0) is 4.79 Å². The average Bonchev–Trinajstić information content (AvgIpc) is 2.29. The van der Waals surface area contributed by atoms with Gasteiger partial charge in [0.2, 0.25) is 9.70 Å². The largest absolute Gasteiger partial charge is 0.339 e. The van der Waals surface area contributed by atoms with Crippen molar-refractivity contribution in [3.05, 3.63) is 27.8 Å². The minimum atomic E-state index is -1.73. The molecule has 110 valence electrons. The van der Waals surface area contributed by atoms with Crippen molar-refractivity contribution in [3.8, 4) is 0 Å². The molecule has 0 spiro atoms. The minimum absolute atomic E-state index is 0.233. The fourth-order valence-electron chi connectivity index (χ4n) is 1.23. The summed E-state index contributed by atoms with van der Waals surface area (Å²) in [5, 5.41) is 8.38. The number of alkyl halides is 3. The van der Waals surface area contributed by atoms with Crippen molar-refractivity contribution in [1.82, 2.24) is 10.6 Å². The highest BCUT2D eigenvalue weighted by atomic mass is 127. The Morgan fingerprint density at radius 2 is 1.80 bits per heavy atom. The van der Waals surface area contributed by atoms with Gasteiger partial charge in [-0.15, -0.1) is 0 Å². The Bertz CT molecular complexity index is 493. The summed E-state index contributed by atoms with van der Waals surface area (Å²) in [6.07, 6.45) is -0.936. The van der Waals surface area contributed by atoms with Crippen LogP contribution in [0.2, 0.25) is 0 Å². The summed E-state index contributed by atoms with van der Waals surface area (Å²) in [7, 11) is 0. The number of anilines is 1. The van der Waals surface area contributed by atoms with Gasteiger partial charge < -0.3 is 16.0 Å². The molecule has 0 aliphatic rings. The van der Waals surface area contributed by atoms with Gasteiger partial charge in [-0.2, -0.15) is 0 Å². The van der Waals surface area contributed by atoms with Gasteiger partial charge in [0.05, 0.1) is 0 Å². The lowest BCUT2D eigenvalue weighted by molar-refractivity contribution is -0.119. The van der Waals surface area contributed by atoms with Gasteiger partial charge in [-0.25, -0.2) is 0 Å². The summed E-state index contributed by atoms with van der Waals surface area (Å²) < 4.78 is -0.631. The third-order valence-electron chi connectivity index (χ3n) is 2.05. The van der Waals surface area contributed by atoms with Crippen LogP contribution < -0.4 is 16.0 Å². The molecule has 1 rings (SSSR count).